The molecule has 0 fully saturated rings. The van der Waals surface area contributed by atoms with Gasteiger partial charge in [0.05, 0.1) is 17.3 Å². The maximum Gasteiger partial charge on any atom is 0.178 e. The van der Waals surface area contributed by atoms with E-state index in [-0.39, 0.29) is 12.4 Å². The maximum atomic E-state index is 12.3. The molecule has 0 aliphatic rings. The number of benzene rings is 1. The monoisotopic (exact) mass is 327 g/mol. The molecule has 0 bridgehead atoms. The molecule has 0 heterocycles. The van der Waals surface area contributed by atoms with E-state index in [1.807, 2.05) is 11.9 Å². The number of hydrogen-bond donors (Lipinski definition) is 1. The summed E-state index contributed by atoms with van der Waals surface area (Å²) in [5.74, 6) is 0.227. The molecule has 0 saturated carbocycles. The Morgan fingerprint density at radius 3 is 2.18 bits per heavy atom. The third-order valence-electron chi connectivity index (χ3n) is 3.84. The molecular weight excluding hydrogens is 298 g/mol. The zero-order valence-electron chi connectivity index (χ0n) is 13.8. The van der Waals surface area contributed by atoms with Gasteiger partial charge in [0.15, 0.2) is 9.84 Å². The van der Waals surface area contributed by atoms with Crippen molar-refractivity contribution in [2.45, 2.75) is 50.3 Å². The van der Waals surface area contributed by atoms with E-state index in [2.05, 4.69) is 6.92 Å². The Kier molecular flexibility index (Phi) is 8.49. The van der Waals surface area contributed by atoms with E-state index in [1.54, 1.807) is 24.3 Å². The lowest BCUT2D eigenvalue weighted by molar-refractivity contribution is 0.304. The van der Waals surface area contributed by atoms with Gasteiger partial charge in [-0.1, -0.05) is 39.0 Å². The van der Waals surface area contributed by atoms with Crippen molar-refractivity contribution in [1.82, 2.24) is 0 Å². The molecule has 126 valence electrons. The third-order valence-corrected chi connectivity index (χ3v) is 5.66. The van der Waals surface area contributed by atoms with Crippen LogP contribution in [0.25, 0.3) is 0 Å². The van der Waals surface area contributed by atoms with Gasteiger partial charge in [0.1, 0.15) is 0 Å². The molecule has 0 unspecified atom stereocenters. The van der Waals surface area contributed by atoms with Gasteiger partial charge in [0.2, 0.25) is 0 Å². The van der Waals surface area contributed by atoms with Crippen LogP contribution in [-0.2, 0) is 9.84 Å². The summed E-state index contributed by atoms with van der Waals surface area (Å²) in [5, 5.41) is 8.92. The molecule has 0 atom stereocenters. The topological polar surface area (TPSA) is 57.6 Å². The molecule has 0 aromatic heterocycles. The van der Waals surface area contributed by atoms with Crippen molar-refractivity contribution in [3.8, 4) is 0 Å². The summed E-state index contributed by atoms with van der Waals surface area (Å²) in [6, 6.07) is 6.92. The molecule has 0 spiro atoms. The summed E-state index contributed by atoms with van der Waals surface area (Å²) in [6.07, 6.45) is 6.47. The highest BCUT2D eigenvalue weighted by atomic mass is 32.2. The molecule has 4 nitrogen and oxygen atoms in total. The molecule has 22 heavy (non-hydrogen) atoms. The molecule has 1 rings (SSSR count). The molecular formula is C17H29NO3S. The Morgan fingerprint density at radius 1 is 1.00 bits per heavy atom. The Morgan fingerprint density at radius 2 is 1.59 bits per heavy atom. The molecule has 1 N–H and O–H groups in total. The fraction of sp³-hybridized carbons (Fsp3) is 0.647. The predicted octanol–water partition coefficient (Wildman–Crippen LogP) is 3.25. The van der Waals surface area contributed by atoms with E-state index in [4.69, 9.17) is 5.11 Å². The average molecular weight is 327 g/mol. The number of likely N-dealkylation sites (N-methyl/N-ethyl adjacent to an activating group) is 1. The number of unbranched alkanes of at least 4 members (excludes halogenated alkanes) is 5. The van der Waals surface area contributed by atoms with Gasteiger partial charge >= 0.3 is 0 Å². The summed E-state index contributed by atoms with van der Waals surface area (Å²) in [4.78, 5) is 2.28. The number of nitrogens with zero attached hydrogens (tertiary/aromatic N) is 1. The molecule has 0 aliphatic carbocycles. The van der Waals surface area contributed by atoms with Crippen LogP contribution in [0, 0.1) is 0 Å². The lowest BCUT2D eigenvalue weighted by atomic mass is 10.1. The van der Waals surface area contributed by atoms with Gasteiger partial charge in [-0.15, -0.1) is 0 Å². The second-order valence-electron chi connectivity index (χ2n) is 5.73. The molecule has 1 aromatic rings. The van der Waals surface area contributed by atoms with Crippen molar-refractivity contribution in [3.63, 3.8) is 0 Å². The fourth-order valence-electron chi connectivity index (χ4n) is 2.38. The molecule has 0 saturated heterocycles. The van der Waals surface area contributed by atoms with Gasteiger partial charge in [0, 0.05) is 19.3 Å². The predicted molar refractivity (Wildman–Crippen MR) is 92.2 cm³/mol. The van der Waals surface area contributed by atoms with Crippen LogP contribution in [0.15, 0.2) is 29.2 Å². The second-order valence-corrected chi connectivity index (χ2v) is 7.83. The molecule has 0 amide bonds. The Bertz CT molecular complexity index is 511. The van der Waals surface area contributed by atoms with Crippen LogP contribution >= 0.6 is 0 Å². The van der Waals surface area contributed by atoms with Crippen LogP contribution in [0.1, 0.15) is 45.4 Å². The first-order valence-electron chi connectivity index (χ1n) is 8.16. The highest BCUT2D eigenvalue weighted by Gasteiger charge is 2.14. The van der Waals surface area contributed by atoms with E-state index < -0.39 is 9.84 Å². The van der Waals surface area contributed by atoms with Gasteiger partial charge in [-0.25, -0.2) is 8.42 Å². The first-order chi connectivity index (χ1) is 10.5. The quantitative estimate of drug-likeness (QED) is 0.634. The highest BCUT2D eigenvalue weighted by Crippen LogP contribution is 2.19. The highest BCUT2D eigenvalue weighted by molar-refractivity contribution is 7.91. The number of sulfone groups is 1. The van der Waals surface area contributed by atoms with E-state index in [0.717, 1.165) is 24.9 Å². The van der Waals surface area contributed by atoms with Gasteiger partial charge in [-0.2, -0.15) is 0 Å². The van der Waals surface area contributed by atoms with Crippen LogP contribution in [0.4, 0.5) is 5.69 Å². The minimum absolute atomic E-state index is 0.0780. The van der Waals surface area contributed by atoms with Crippen LogP contribution in [0.3, 0.4) is 0 Å². The summed E-state index contributed by atoms with van der Waals surface area (Å²) in [7, 11) is -1.30. The van der Waals surface area contributed by atoms with Crippen molar-refractivity contribution in [2.75, 3.05) is 30.9 Å². The van der Waals surface area contributed by atoms with Gasteiger partial charge in [-0.05, 0) is 30.7 Å². The maximum absolute atomic E-state index is 12.3. The normalized spacial score (nSPS) is 11.6. The zero-order valence-corrected chi connectivity index (χ0v) is 14.6. The van der Waals surface area contributed by atoms with Crippen molar-refractivity contribution < 1.29 is 13.5 Å². The number of rotatable bonds is 11. The second kappa shape index (κ2) is 9.85. The van der Waals surface area contributed by atoms with Crippen LogP contribution in [-0.4, -0.2) is 39.5 Å². The SMILES string of the molecule is CCCCCCCCS(=O)(=O)c1ccc(N(C)CCO)cc1. The van der Waals surface area contributed by atoms with E-state index in [9.17, 15) is 8.42 Å². The number of aliphatic hydroxyl groups excluding tert-OH is 1. The van der Waals surface area contributed by atoms with Crippen molar-refractivity contribution in [3.05, 3.63) is 24.3 Å². The Balaban J connectivity index is 2.51. The van der Waals surface area contributed by atoms with E-state index in [1.165, 1.54) is 19.3 Å². The van der Waals surface area contributed by atoms with Gasteiger partial charge in [-0.3, -0.25) is 0 Å². The van der Waals surface area contributed by atoms with Gasteiger partial charge < -0.3 is 10.0 Å². The molecule has 0 aliphatic heterocycles. The third kappa shape index (κ3) is 6.36. The van der Waals surface area contributed by atoms with Crippen LogP contribution in [0.5, 0.6) is 0 Å². The summed E-state index contributed by atoms with van der Waals surface area (Å²) in [6.45, 7) is 2.78. The first-order valence-corrected chi connectivity index (χ1v) is 9.81. The van der Waals surface area contributed by atoms with Crippen molar-refractivity contribution in [1.29, 1.82) is 0 Å². The average Bonchev–Trinajstić information content (AvgIpc) is 2.51. The number of aliphatic hydroxyl groups is 1. The zero-order chi connectivity index (χ0) is 16.4. The number of anilines is 1. The van der Waals surface area contributed by atoms with E-state index in [0.29, 0.717) is 11.4 Å². The van der Waals surface area contributed by atoms with Crippen LogP contribution < -0.4 is 4.90 Å². The van der Waals surface area contributed by atoms with Crippen molar-refractivity contribution >= 4 is 15.5 Å². The minimum atomic E-state index is -3.18. The minimum Gasteiger partial charge on any atom is -0.395 e. The fourth-order valence-corrected chi connectivity index (χ4v) is 3.75. The first kappa shape index (κ1) is 19.0. The standard InChI is InChI=1S/C17H29NO3S/c1-3-4-5-6-7-8-15-22(20,21)17-11-9-16(10-12-17)18(2)13-14-19/h9-12,19H,3-8,13-15H2,1-2H3. The van der Waals surface area contributed by atoms with Crippen molar-refractivity contribution in [2.24, 2.45) is 0 Å². The van der Waals surface area contributed by atoms with Crippen LogP contribution in [0.2, 0.25) is 0 Å². The molecule has 1 aromatic carbocycles. The summed E-state index contributed by atoms with van der Waals surface area (Å²) < 4.78 is 24.5. The van der Waals surface area contributed by atoms with E-state index >= 15 is 0 Å². The molecule has 0 radical (unpaired) electrons. The summed E-state index contributed by atoms with van der Waals surface area (Å²) >= 11 is 0. The Hall–Kier alpha value is -1.07. The Labute approximate surface area is 135 Å². The summed E-state index contributed by atoms with van der Waals surface area (Å²) in [5.41, 5.74) is 0.910. The lowest BCUT2D eigenvalue weighted by Gasteiger charge is -2.18. The lowest BCUT2D eigenvalue weighted by Crippen LogP contribution is -2.21. The largest absolute Gasteiger partial charge is 0.395 e. The molecule has 5 heteroatoms. The van der Waals surface area contributed by atoms with Gasteiger partial charge in [0.25, 0.3) is 0 Å². The smallest absolute Gasteiger partial charge is 0.178 e. The number of hydrogen-bond acceptors (Lipinski definition) is 4.